The van der Waals surface area contributed by atoms with Crippen LogP contribution in [0.1, 0.15) is 47.1 Å². The quantitative estimate of drug-likeness (QED) is 0.897. The van der Waals surface area contributed by atoms with Crippen molar-refractivity contribution in [2.75, 3.05) is 6.26 Å². The van der Waals surface area contributed by atoms with Crippen LogP contribution in [0.4, 0.5) is 0 Å². The molecule has 0 aliphatic rings. The Bertz CT molecular complexity index is 867. The number of nitrogens with zero attached hydrogens (tertiary/aromatic N) is 2. The number of hydrogen-bond donors (Lipinski definition) is 1. The highest BCUT2D eigenvalue weighted by Crippen LogP contribution is 2.17. The van der Waals surface area contributed by atoms with Gasteiger partial charge < -0.3 is 5.32 Å². The lowest BCUT2D eigenvalue weighted by atomic mass is 10.1. The van der Waals surface area contributed by atoms with Crippen molar-refractivity contribution < 1.29 is 13.2 Å². The minimum atomic E-state index is -3.23. The molecule has 1 N–H and O–H groups in total. The molecule has 0 fully saturated rings. The lowest BCUT2D eigenvalue weighted by Gasteiger charge is -2.08. The van der Waals surface area contributed by atoms with Crippen LogP contribution in [0.3, 0.4) is 0 Å². The summed E-state index contributed by atoms with van der Waals surface area (Å²) >= 11 is 0. The zero-order chi connectivity index (χ0) is 18.1. The number of benzene rings is 1. The van der Waals surface area contributed by atoms with E-state index < -0.39 is 9.84 Å². The van der Waals surface area contributed by atoms with Crippen molar-refractivity contribution in [3.8, 4) is 0 Å². The van der Waals surface area contributed by atoms with Crippen LogP contribution in [0, 0.1) is 6.92 Å². The highest BCUT2D eigenvalue weighted by atomic mass is 32.2. The van der Waals surface area contributed by atoms with Gasteiger partial charge in [-0.25, -0.2) is 8.42 Å². The van der Waals surface area contributed by atoms with Gasteiger partial charge in [-0.3, -0.25) is 9.48 Å². The van der Waals surface area contributed by atoms with Gasteiger partial charge in [-0.2, -0.15) is 5.10 Å². The van der Waals surface area contributed by atoms with Gasteiger partial charge >= 0.3 is 0 Å². The number of carbonyl (C=O) groups excluding carboxylic acids is 1. The van der Waals surface area contributed by atoms with Crippen molar-refractivity contribution in [2.24, 2.45) is 7.05 Å². The van der Waals surface area contributed by atoms with Gasteiger partial charge in [0.15, 0.2) is 9.84 Å². The minimum absolute atomic E-state index is 0.248. The Balaban J connectivity index is 2.09. The predicted octanol–water partition coefficient (Wildman–Crippen LogP) is 2.19. The largest absolute Gasteiger partial charge is 0.347 e. The third-order valence-electron chi connectivity index (χ3n) is 3.83. The normalized spacial score (nSPS) is 11.8. The molecule has 0 aliphatic carbocycles. The highest BCUT2D eigenvalue weighted by molar-refractivity contribution is 7.90. The first kappa shape index (κ1) is 18.2. The van der Waals surface area contributed by atoms with Crippen LogP contribution in [0.25, 0.3) is 0 Å². The summed E-state index contributed by atoms with van der Waals surface area (Å²) in [6.07, 6.45) is 1.18. The van der Waals surface area contributed by atoms with E-state index in [1.54, 1.807) is 35.9 Å². The first-order valence-corrected chi connectivity index (χ1v) is 9.60. The Labute approximate surface area is 142 Å². The molecule has 0 saturated carbocycles. The summed E-state index contributed by atoms with van der Waals surface area (Å²) in [5.74, 6) is 0.0394. The van der Waals surface area contributed by atoms with Crippen LogP contribution in [-0.2, 0) is 23.4 Å². The lowest BCUT2D eigenvalue weighted by Crippen LogP contribution is -2.23. The van der Waals surface area contributed by atoms with Gasteiger partial charge in [-0.15, -0.1) is 0 Å². The number of rotatable bonds is 5. The average molecular weight is 349 g/mol. The zero-order valence-electron chi connectivity index (χ0n) is 14.6. The van der Waals surface area contributed by atoms with Crippen LogP contribution in [0.5, 0.6) is 0 Å². The van der Waals surface area contributed by atoms with E-state index in [0.717, 1.165) is 11.3 Å². The highest BCUT2D eigenvalue weighted by Gasteiger charge is 2.15. The van der Waals surface area contributed by atoms with E-state index >= 15 is 0 Å². The van der Waals surface area contributed by atoms with Crippen LogP contribution in [0.2, 0.25) is 0 Å². The second kappa shape index (κ2) is 6.76. The fourth-order valence-electron chi connectivity index (χ4n) is 2.64. The summed E-state index contributed by atoms with van der Waals surface area (Å²) in [5, 5.41) is 7.05. The van der Waals surface area contributed by atoms with Crippen molar-refractivity contribution in [1.29, 1.82) is 0 Å². The monoisotopic (exact) mass is 349 g/mol. The average Bonchev–Trinajstić information content (AvgIpc) is 2.85. The van der Waals surface area contributed by atoms with Gasteiger partial charge in [0, 0.05) is 25.5 Å². The Morgan fingerprint density at radius 3 is 2.46 bits per heavy atom. The van der Waals surface area contributed by atoms with Gasteiger partial charge in [0.2, 0.25) is 0 Å². The van der Waals surface area contributed by atoms with Gasteiger partial charge in [0.25, 0.3) is 5.91 Å². The molecule has 1 aromatic carbocycles. The van der Waals surface area contributed by atoms with E-state index in [4.69, 9.17) is 0 Å². The molecule has 2 aromatic rings. The zero-order valence-corrected chi connectivity index (χ0v) is 15.4. The van der Waals surface area contributed by atoms with E-state index in [2.05, 4.69) is 10.4 Å². The van der Waals surface area contributed by atoms with E-state index in [9.17, 15) is 13.2 Å². The fourth-order valence-corrected chi connectivity index (χ4v) is 3.60. The molecule has 0 saturated heterocycles. The number of carbonyl (C=O) groups is 1. The Kier molecular flexibility index (Phi) is 5.13. The van der Waals surface area contributed by atoms with Gasteiger partial charge in [0.05, 0.1) is 4.90 Å². The summed E-state index contributed by atoms with van der Waals surface area (Å²) in [6, 6.07) is 6.85. The van der Waals surface area contributed by atoms with Crippen molar-refractivity contribution in [3.63, 3.8) is 0 Å². The molecule has 1 amide bonds. The van der Waals surface area contributed by atoms with Crippen molar-refractivity contribution >= 4 is 15.7 Å². The SMILES string of the molecule is Cc1cc(CNC(=O)c2cc(C(C)C)n(C)n2)ccc1S(C)(=O)=O. The van der Waals surface area contributed by atoms with Gasteiger partial charge in [-0.05, 0) is 36.1 Å². The predicted molar refractivity (Wildman–Crippen MR) is 92.8 cm³/mol. The standard InChI is InChI=1S/C17H23N3O3S/c1-11(2)15-9-14(19-20(15)4)17(21)18-10-13-6-7-16(12(3)8-13)24(5,22)23/h6-9,11H,10H2,1-5H3,(H,18,21). The maximum Gasteiger partial charge on any atom is 0.272 e. The number of hydrogen-bond acceptors (Lipinski definition) is 4. The Morgan fingerprint density at radius 1 is 1.29 bits per heavy atom. The number of aromatic nitrogens is 2. The van der Waals surface area contributed by atoms with Crippen molar-refractivity contribution in [3.05, 3.63) is 46.8 Å². The van der Waals surface area contributed by atoms with Crippen LogP contribution < -0.4 is 5.32 Å². The van der Waals surface area contributed by atoms with Gasteiger partial charge in [-0.1, -0.05) is 26.0 Å². The number of nitrogens with one attached hydrogen (secondary N) is 1. The van der Waals surface area contributed by atoms with E-state index in [1.165, 1.54) is 6.26 Å². The summed E-state index contributed by atoms with van der Waals surface area (Å²) in [4.78, 5) is 12.5. The van der Waals surface area contributed by atoms with Crippen LogP contribution in [-0.4, -0.2) is 30.4 Å². The summed E-state index contributed by atoms with van der Waals surface area (Å²) in [5.41, 5.74) is 2.89. The maximum absolute atomic E-state index is 12.2. The summed E-state index contributed by atoms with van der Waals surface area (Å²) < 4.78 is 25.0. The lowest BCUT2D eigenvalue weighted by molar-refractivity contribution is 0.0945. The van der Waals surface area contributed by atoms with E-state index in [0.29, 0.717) is 22.7 Å². The second-order valence-electron chi connectivity index (χ2n) is 6.29. The third-order valence-corrected chi connectivity index (χ3v) is 5.09. The topological polar surface area (TPSA) is 81.1 Å². The summed E-state index contributed by atoms with van der Waals surface area (Å²) in [7, 11) is -1.42. The van der Waals surface area contributed by atoms with Crippen molar-refractivity contribution in [2.45, 2.75) is 38.1 Å². The molecule has 1 heterocycles. The van der Waals surface area contributed by atoms with E-state index in [1.807, 2.05) is 20.9 Å². The van der Waals surface area contributed by atoms with Crippen LogP contribution in [0.15, 0.2) is 29.2 Å². The molecular formula is C17H23N3O3S. The molecule has 0 bridgehead atoms. The first-order valence-electron chi connectivity index (χ1n) is 7.71. The number of sulfone groups is 1. The Hall–Kier alpha value is -2.15. The fraction of sp³-hybridized carbons (Fsp3) is 0.412. The molecule has 0 unspecified atom stereocenters. The third kappa shape index (κ3) is 4.03. The molecule has 6 nitrogen and oxygen atoms in total. The molecular weight excluding hydrogens is 326 g/mol. The minimum Gasteiger partial charge on any atom is -0.347 e. The molecule has 0 radical (unpaired) electrons. The molecule has 1 aromatic heterocycles. The molecule has 130 valence electrons. The molecule has 2 rings (SSSR count). The molecule has 7 heteroatoms. The van der Waals surface area contributed by atoms with Crippen molar-refractivity contribution in [1.82, 2.24) is 15.1 Å². The molecule has 0 atom stereocenters. The second-order valence-corrected chi connectivity index (χ2v) is 8.27. The summed E-state index contributed by atoms with van der Waals surface area (Å²) in [6.45, 7) is 6.16. The molecule has 0 spiro atoms. The molecule has 24 heavy (non-hydrogen) atoms. The molecule has 0 aliphatic heterocycles. The van der Waals surface area contributed by atoms with Gasteiger partial charge in [0.1, 0.15) is 5.69 Å². The number of amides is 1. The van der Waals surface area contributed by atoms with E-state index in [-0.39, 0.29) is 11.8 Å². The maximum atomic E-state index is 12.2. The Morgan fingerprint density at radius 2 is 1.96 bits per heavy atom. The first-order chi connectivity index (χ1) is 11.1. The van der Waals surface area contributed by atoms with Crippen LogP contribution >= 0.6 is 0 Å². The number of aryl methyl sites for hydroxylation is 2. The smallest absolute Gasteiger partial charge is 0.272 e.